The molecule has 4 atom stereocenters. The van der Waals surface area contributed by atoms with Crippen LogP contribution >= 0.6 is 0 Å². The van der Waals surface area contributed by atoms with E-state index in [1.807, 2.05) is 73.7 Å². The summed E-state index contributed by atoms with van der Waals surface area (Å²) in [7, 11) is 0. The van der Waals surface area contributed by atoms with Crippen LogP contribution in [-0.2, 0) is 14.3 Å². The van der Waals surface area contributed by atoms with Crippen molar-refractivity contribution < 1.29 is 14.3 Å². The van der Waals surface area contributed by atoms with Crippen molar-refractivity contribution in [1.82, 2.24) is 0 Å². The number of allylic oxidation sites excluding steroid dienone is 2. The van der Waals surface area contributed by atoms with Crippen LogP contribution in [0.5, 0.6) is 0 Å². The molecule has 148 valence electrons. The van der Waals surface area contributed by atoms with Crippen molar-refractivity contribution in [2.45, 2.75) is 32.1 Å². The van der Waals surface area contributed by atoms with E-state index < -0.39 is 23.2 Å². The first-order valence-corrected chi connectivity index (χ1v) is 9.99. The van der Waals surface area contributed by atoms with E-state index in [4.69, 9.17) is 4.74 Å². The van der Waals surface area contributed by atoms with Crippen molar-refractivity contribution in [1.29, 1.82) is 5.26 Å². The molecule has 0 aromatic heterocycles. The zero-order valence-corrected chi connectivity index (χ0v) is 16.7. The molecule has 4 nitrogen and oxygen atoms in total. The van der Waals surface area contributed by atoms with E-state index in [0.717, 1.165) is 17.4 Å². The third kappa shape index (κ3) is 3.49. The number of esters is 1. The summed E-state index contributed by atoms with van der Waals surface area (Å²) in [6, 6.07) is 21.3. The van der Waals surface area contributed by atoms with Gasteiger partial charge in [-0.2, -0.15) is 5.26 Å². The largest absolute Gasteiger partial charge is 0.465 e. The topological polar surface area (TPSA) is 67.2 Å². The van der Waals surface area contributed by atoms with Gasteiger partial charge < -0.3 is 4.74 Å². The summed E-state index contributed by atoms with van der Waals surface area (Å²) < 4.78 is 5.46. The first kappa shape index (κ1) is 20.5. The lowest BCUT2D eigenvalue weighted by molar-refractivity contribution is -0.155. The second-order valence-electron chi connectivity index (χ2n) is 7.29. The lowest BCUT2D eigenvalue weighted by Crippen LogP contribution is -2.48. The third-order valence-corrected chi connectivity index (χ3v) is 5.81. The van der Waals surface area contributed by atoms with Crippen LogP contribution in [0.15, 0.2) is 72.3 Å². The third-order valence-electron chi connectivity index (χ3n) is 5.81. The smallest absolute Gasteiger partial charge is 0.328 e. The molecule has 1 aliphatic rings. The highest BCUT2D eigenvalue weighted by molar-refractivity contribution is 5.89. The van der Waals surface area contributed by atoms with Gasteiger partial charge in [-0.1, -0.05) is 73.7 Å². The number of rotatable bonds is 6. The summed E-state index contributed by atoms with van der Waals surface area (Å²) in [5.41, 5.74) is 0.585. The SMILES string of the molecule is CCOC(=O)[C@]1(C#N)[C@H](c2ccccc2)[C@@H](CC)C=C(C=O)[C@H]1c1ccccc1. The molecule has 0 amide bonds. The second-order valence-corrected chi connectivity index (χ2v) is 7.29. The molecule has 0 spiro atoms. The van der Waals surface area contributed by atoms with E-state index in [1.54, 1.807) is 6.92 Å². The molecule has 0 saturated carbocycles. The first-order valence-electron chi connectivity index (χ1n) is 9.99. The number of aldehydes is 1. The van der Waals surface area contributed by atoms with Gasteiger partial charge in [0.05, 0.1) is 12.7 Å². The Morgan fingerprint density at radius 3 is 2.14 bits per heavy atom. The molecular weight excluding hydrogens is 362 g/mol. The molecule has 0 fully saturated rings. The van der Waals surface area contributed by atoms with Crippen LogP contribution in [-0.4, -0.2) is 18.9 Å². The monoisotopic (exact) mass is 387 g/mol. The number of hydrogen-bond acceptors (Lipinski definition) is 4. The molecule has 4 heteroatoms. The van der Waals surface area contributed by atoms with Crippen LogP contribution in [0, 0.1) is 22.7 Å². The van der Waals surface area contributed by atoms with Gasteiger partial charge in [-0.25, -0.2) is 0 Å². The highest BCUT2D eigenvalue weighted by atomic mass is 16.5. The van der Waals surface area contributed by atoms with Gasteiger partial charge in [-0.15, -0.1) is 0 Å². The molecule has 0 N–H and O–H groups in total. The summed E-state index contributed by atoms with van der Waals surface area (Å²) in [5, 5.41) is 10.5. The van der Waals surface area contributed by atoms with E-state index in [1.165, 1.54) is 0 Å². The van der Waals surface area contributed by atoms with Crippen molar-refractivity contribution in [2.75, 3.05) is 6.61 Å². The highest BCUT2D eigenvalue weighted by Crippen LogP contribution is 2.57. The van der Waals surface area contributed by atoms with Crippen molar-refractivity contribution in [3.05, 3.63) is 83.4 Å². The van der Waals surface area contributed by atoms with Crippen LogP contribution in [0.25, 0.3) is 0 Å². The van der Waals surface area contributed by atoms with Crippen LogP contribution in [0.3, 0.4) is 0 Å². The van der Waals surface area contributed by atoms with E-state index >= 15 is 0 Å². The van der Waals surface area contributed by atoms with Gasteiger partial charge in [0.2, 0.25) is 0 Å². The molecule has 0 heterocycles. The number of ether oxygens (including phenoxy) is 1. The number of nitriles is 1. The Hall–Kier alpha value is -3.19. The summed E-state index contributed by atoms with van der Waals surface area (Å²) in [5.74, 6) is -1.83. The van der Waals surface area contributed by atoms with E-state index in [0.29, 0.717) is 12.0 Å². The molecule has 2 aromatic rings. The molecule has 29 heavy (non-hydrogen) atoms. The minimum atomic E-state index is -1.54. The van der Waals surface area contributed by atoms with Crippen molar-refractivity contribution in [3.8, 4) is 6.07 Å². The van der Waals surface area contributed by atoms with E-state index in [9.17, 15) is 14.9 Å². The van der Waals surface area contributed by atoms with Gasteiger partial charge in [0.1, 0.15) is 6.29 Å². The van der Waals surface area contributed by atoms with Crippen molar-refractivity contribution in [3.63, 3.8) is 0 Å². The molecule has 1 aliphatic carbocycles. The summed E-state index contributed by atoms with van der Waals surface area (Å²) >= 11 is 0. The quantitative estimate of drug-likeness (QED) is 0.528. The summed E-state index contributed by atoms with van der Waals surface area (Å²) in [6.45, 7) is 3.91. The van der Waals surface area contributed by atoms with Crippen LogP contribution in [0.4, 0.5) is 0 Å². The highest BCUT2D eigenvalue weighted by Gasteiger charge is 2.59. The Labute approximate surface area is 171 Å². The Balaban J connectivity index is 2.36. The molecule has 0 unspecified atom stereocenters. The van der Waals surface area contributed by atoms with Gasteiger partial charge in [-0.3, -0.25) is 9.59 Å². The van der Waals surface area contributed by atoms with Gasteiger partial charge in [-0.05, 0) is 36.0 Å². The van der Waals surface area contributed by atoms with Crippen LogP contribution in [0.2, 0.25) is 0 Å². The fourth-order valence-corrected chi connectivity index (χ4v) is 4.63. The molecule has 0 aliphatic heterocycles. The molecule has 0 radical (unpaired) electrons. The lowest BCUT2D eigenvalue weighted by Gasteiger charge is -2.46. The summed E-state index contributed by atoms with van der Waals surface area (Å²) in [6.07, 6.45) is 3.42. The zero-order valence-electron chi connectivity index (χ0n) is 16.7. The average molecular weight is 387 g/mol. The molecular formula is C25H25NO3. The Kier molecular flexibility index (Phi) is 6.29. The fraction of sp³-hybridized carbons (Fsp3) is 0.320. The minimum Gasteiger partial charge on any atom is -0.465 e. The van der Waals surface area contributed by atoms with E-state index in [-0.39, 0.29) is 12.5 Å². The predicted molar refractivity (Wildman–Crippen MR) is 111 cm³/mol. The molecule has 3 rings (SSSR count). The maximum Gasteiger partial charge on any atom is 0.328 e. The first-order chi connectivity index (χ1) is 14.1. The normalized spacial score (nSPS) is 26.1. The van der Waals surface area contributed by atoms with E-state index in [2.05, 4.69) is 6.07 Å². The zero-order chi connectivity index (χ0) is 20.9. The maximum absolute atomic E-state index is 13.5. The van der Waals surface area contributed by atoms with Crippen molar-refractivity contribution in [2.24, 2.45) is 11.3 Å². The number of carbonyl (C=O) groups excluding carboxylic acids is 2. The fourth-order valence-electron chi connectivity index (χ4n) is 4.63. The standard InChI is InChI=1S/C25H25NO3/c1-3-18-15-21(16-27)23(20-13-9-6-10-14-20)25(17-26,24(28)29-4-2)22(18)19-11-7-5-8-12-19/h5-16,18,22-23H,3-4H2,1-2H3/t18-,22-,23+,25+/m0/s1. The van der Waals surface area contributed by atoms with Crippen molar-refractivity contribution >= 4 is 12.3 Å². The van der Waals surface area contributed by atoms with Crippen LogP contribution < -0.4 is 0 Å². The number of hydrogen-bond donors (Lipinski definition) is 0. The molecule has 0 saturated heterocycles. The molecule has 0 bridgehead atoms. The Morgan fingerprint density at radius 2 is 1.66 bits per heavy atom. The Bertz CT molecular complexity index is 930. The maximum atomic E-state index is 13.5. The lowest BCUT2D eigenvalue weighted by atomic mass is 9.53. The van der Waals surface area contributed by atoms with Gasteiger partial charge >= 0.3 is 5.97 Å². The minimum absolute atomic E-state index is 0.137. The number of nitrogens with zero attached hydrogens (tertiary/aromatic N) is 1. The number of benzene rings is 2. The predicted octanol–water partition coefficient (Wildman–Crippen LogP) is 4.79. The van der Waals surface area contributed by atoms with Crippen LogP contribution in [0.1, 0.15) is 43.2 Å². The van der Waals surface area contributed by atoms with Gasteiger partial charge in [0, 0.05) is 11.8 Å². The van der Waals surface area contributed by atoms with Gasteiger partial charge in [0.15, 0.2) is 5.41 Å². The average Bonchev–Trinajstić information content (AvgIpc) is 2.78. The molecule has 2 aromatic carbocycles. The number of carbonyl (C=O) groups is 2. The summed E-state index contributed by atoms with van der Waals surface area (Å²) in [4.78, 5) is 25.6. The Morgan fingerprint density at radius 1 is 1.07 bits per heavy atom. The van der Waals surface area contributed by atoms with Gasteiger partial charge in [0.25, 0.3) is 0 Å². The second kappa shape index (κ2) is 8.87.